The molecule has 0 aliphatic heterocycles. The lowest BCUT2D eigenvalue weighted by molar-refractivity contribution is 0.623. The SMILES string of the molecule is CCCNCc1cnc(C)n1Cc1ccc2c(c1)CCC2. The minimum atomic E-state index is 0.902. The summed E-state index contributed by atoms with van der Waals surface area (Å²) >= 11 is 0. The van der Waals surface area contributed by atoms with E-state index in [0.29, 0.717) is 0 Å². The Balaban J connectivity index is 1.76. The third-order valence-corrected chi connectivity index (χ3v) is 4.37. The van der Waals surface area contributed by atoms with Crippen LogP contribution in [0.1, 0.15) is 48.0 Å². The van der Waals surface area contributed by atoms with Crippen LogP contribution in [-0.4, -0.2) is 16.1 Å². The van der Waals surface area contributed by atoms with Gasteiger partial charge in [0.05, 0.1) is 5.69 Å². The van der Waals surface area contributed by atoms with E-state index < -0.39 is 0 Å². The van der Waals surface area contributed by atoms with Gasteiger partial charge in [-0.3, -0.25) is 0 Å². The van der Waals surface area contributed by atoms with Crippen LogP contribution in [0.5, 0.6) is 0 Å². The molecule has 112 valence electrons. The largest absolute Gasteiger partial charge is 0.327 e. The summed E-state index contributed by atoms with van der Waals surface area (Å²) in [7, 11) is 0. The van der Waals surface area contributed by atoms with E-state index in [2.05, 4.69) is 46.9 Å². The molecule has 1 aromatic heterocycles. The summed E-state index contributed by atoms with van der Waals surface area (Å²) in [6.07, 6.45) is 6.99. The van der Waals surface area contributed by atoms with Crippen LogP contribution in [0, 0.1) is 6.92 Å². The average molecular weight is 283 g/mol. The Bertz CT molecular complexity index is 613. The molecule has 0 saturated carbocycles. The fourth-order valence-corrected chi connectivity index (χ4v) is 3.17. The first kappa shape index (κ1) is 14.3. The number of hydrogen-bond acceptors (Lipinski definition) is 2. The van der Waals surface area contributed by atoms with Crippen molar-refractivity contribution in [3.8, 4) is 0 Å². The van der Waals surface area contributed by atoms with Gasteiger partial charge >= 0.3 is 0 Å². The molecule has 1 aliphatic carbocycles. The molecule has 0 radical (unpaired) electrons. The number of fused-ring (bicyclic) bond motifs is 1. The monoisotopic (exact) mass is 283 g/mol. The molecule has 0 amide bonds. The molecule has 0 bridgehead atoms. The van der Waals surface area contributed by atoms with Gasteiger partial charge in [-0.2, -0.15) is 0 Å². The van der Waals surface area contributed by atoms with E-state index in [4.69, 9.17) is 0 Å². The van der Waals surface area contributed by atoms with Crippen LogP contribution in [0.25, 0.3) is 0 Å². The first-order valence-electron chi connectivity index (χ1n) is 8.10. The van der Waals surface area contributed by atoms with E-state index in [1.807, 2.05) is 6.20 Å². The average Bonchev–Trinajstić information content (AvgIpc) is 3.08. The predicted octanol–water partition coefficient (Wildman–Crippen LogP) is 3.23. The van der Waals surface area contributed by atoms with E-state index in [1.54, 1.807) is 11.1 Å². The number of aromatic nitrogens is 2. The molecule has 0 unspecified atom stereocenters. The molecule has 21 heavy (non-hydrogen) atoms. The maximum absolute atomic E-state index is 4.49. The molecule has 1 aliphatic rings. The molecular weight excluding hydrogens is 258 g/mol. The first-order valence-corrected chi connectivity index (χ1v) is 8.10. The van der Waals surface area contributed by atoms with Crippen molar-refractivity contribution in [2.75, 3.05) is 6.54 Å². The number of aryl methyl sites for hydroxylation is 3. The number of rotatable bonds is 6. The molecule has 3 nitrogen and oxygen atoms in total. The van der Waals surface area contributed by atoms with Gasteiger partial charge in [-0.1, -0.05) is 25.1 Å². The van der Waals surface area contributed by atoms with Crippen LogP contribution in [0.15, 0.2) is 24.4 Å². The van der Waals surface area contributed by atoms with Gasteiger partial charge in [-0.05, 0) is 55.8 Å². The Morgan fingerprint density at radius 2 is 2.10 bits per heavy atom. The van der Waals surface area contributed by atoms with Gasteiger partial charge in [-0.25, -0.2) is 4.98 Å². The van der Waals surface area contributed by atoms with Crippen molar-refractivity contribution in [1.82, 2.24) is 14.9 Å². The Morgan fingerprint density at radius 3 is 2.95 bits per heavy atom. The Kier molecular flexibility index (Phi) is 4.39. The van der Waals surface area contributed by atoms with Crippen LogP contribution in [-0.2, 0) is 25.9 Å². The zero-order valence-corrected chi connectivity index (χ0v) is 13.2. The predicted molar refractivity (Wildman–Crippen MR) is 86.5 cm³/mol. The molecule has 0 spiro atoms. The van der Waals surface area contributed by atoms with Crippen LogP contribution in [0.3, 0.4) is 0 Å². The van der Waals surface area contributed by atoms with Gasteiger partial charge in [-0.15, -0.1) is 0 Å². The van der Waals surface area contributed by atoms with Crippen LogP contribution < -0.4 is 5.32 Å². The lowest BCUT2D eigenvalue weighted by Gasteiger charge is -2.12. The van der Waals surface area contributed by atoms with Gasteiger partial charge in [0, 0.05) is 19.3 Å². The van der Waals surface area contributed by atoms with Crippen LogP contribution in [0.2, 0.25) is 0 Å². The fourth-order valence-electron chi connectivity index (χ4n) is 3.17. The highest BCUT2D eigenvalue weighted by Crippen LogP contribution is 2.23. The van der Waals surface area contributed by atoms with Gasteiger partial charge in [0.2, 0.25) is 0 Å². The number of nitrogens with zero attached hydrogens (tertiary/aromatic N) is 2. The molecule has 1 heterocycles. The van der Waals surface area contributed by atoms with Crippen LogP contribution in [0.4, 0.5) is 0 Å². The maximum atomic E-state index is 4.49. The second-order valence-electron chi connectivity index (χ2n) is 6.02. The molecule has 0 atom stereocenters. The van der Waals surface area contributed by atoms with Crippen molar-refractivity contribution in [2.24, 2.45) is 0 Å². The summed E-state index contributed by atoms with van der Waals surface area (Å²) in [5, 5.41) is 3.47. The van der Waals surface area contributed by atoms with Gasteiger partial charge in [0.25, 0.3) is 0 Å². The first-order chi connectivity index (χ1) is 10.3. The minimum absolute atomic E-state index is 0.902. The fraction of sp³-hybridized carbons (Fsp3) is 0.500. The second-order valence-corrected chi connectivity index (χ2v) is 6.02. The molecule has 1 aromatic carbocycles. The van der Waals surface area contributed by atoms with Crippen molar-refractivity contribution in [1.29, 1.82) is 0 Å². The van der Waals surface area contributed by atoms with Crippen LogP contribution >= 0.6 is 0 Å². The molecular formula is C18H25N3. The maximum Gasteiger partial charge on any atom is 0.106 e. The molecule has 0 fully saturated rings. The van der Waals surface area contributed by atoms with E-state index in [9.17, 15) is 0 Å². The summed E-state index contributed by atoms with van der Waals surface area (Å²) in [6.45, 7) is 7.18. The summed E-state index contributed by atoms with van der Waals surface area (Å²) in [5.41, 5.74) is 5.77. The van der Waals surface area contributed by atoms with Crippen molar-refractivity contribution in [2.45, 2.75) is 52.6 Å². The second kappa shape index (κ2) is 6.44. The highest BCUT2D eigenvalue weighted by molar-refractivity contribution is 5.35. The minimum Gasteiger partial charge on any atom is -0.327 e. The van der Waals surface area contributed by atoms with E-state index >= 15 is 0 Å². The Hall–Kier alpha value is -1.61. The number of nitrogens with one attached hydrogen (secondary N) is 1. The number of imidazole rings is 1. The normalized spacial score (nSPS) is 13.6. The summed E-state index contributed by atoms with van der Waals surface area (Å²) < 4.78 is 2.33. The smallest absolute Gasteiger partial charge is 0.106 e. The summed E-state index contributed by atoms with van der Waals surface area (Å²) in [4.78, 5) is 4.49. The molecule has 3 heteroatoms. The topological polar surface area (TPSA) is 29.9 Å². The third kappa shape index (κ3) is 3.18. The van der Waals surface area contributed by atoms with Crippen molar-refractivity contribution in [3.05, 3.63) is 52.6 Å². The van der Waals surface area contributed by atoms with Gasteiger partial charge < -0.3 is 9.88 Å². The molecule has 1 N–H and O–H groups in total. The highest BCUT2D eigenvalue weighted by atomic mass is 15.1. The number of benzene rings is 1. The third-order valence-electron chi connectivity index (χ3n) is 4.37. The highest BCUT2D eigenvalue weighted by Gasteiger charge is 2.12. The Labute approximate surface area is 127 Å². The standard InChI is InChI=1S/C18H25N3/c1-3-9-19-11-18-12-20-14(2)21(18)13-15-7-8-16-5-4-6-17(16)10-15/h7-8,10,12,19H,3-6,9,11,13H2,1-2H3. The Morgan fingerprint density at radius 1 is 1.24 bits per heavy atom. The van der Waals surface area contributed by atoms with E-state index in [0.717, 1.165) is 31.9 Å². The lowest BCUT2D eigenvalue weighted by atomic mass is 10.1. The van der Waals surface area contributed by atoms with Gasteiger partial charge in [0.1, 0.15) is 5.82 Å². The van der Waals surface area contributed by atoms with E-state index in [1.165, 1.54) is 30.5 Å². The van der Waals surface area contributed by atoms with Crippen molar-refractivity contribution in [3.63, 3.8) is 0 Å². The lowest BCUT2D eigenvalue weighted by Crippen LogP contribution is -2.17. The van der Waals surface area contributed by atoms with Gasteiger partial charge in [0.15, 0.2) is 0 Å². The number of hydrogen-bond donors (Lipinski definition) is 1. The van der Waals surface area contributed by atoms with Crippen molar-refractivity contribution >= 4 is 0 Å². The molecule has 0 saturated heterocycles. The quantitative estimate of drug-likeness (QED) is 0.825. The van der Waals surface area contributed by atoms with Crippen molar-refractivity contribution < 1.29 is 0 Å². The zero-order chi connectivity index (χ0) is 14.7. The molecule has 3 rings (SSSR count). The van der Waals surface area contributed by atoms with E-state index in [-0.39, 0.29) is 0 Å². The summed E-state index contributed by atoms with van der Waals surface area (Å²) in [5.74, 6) is 1.10. The zero-order valence-electron chi connectivity index (χ0n) is 13.2. The molecule has 2 aromatic rings. The summed E-state index contributed by atoms with van der Waals surface area (Å²) in [6, 6.07) is 7.00.